The normalized spacial score (nSPS) is 14.9. The van der Waals surface area contributed by atoms with E-state index < -0.39 is 10.0 Å². The van der Waals surface area contributed by atoms with Crippen molar-refractivity contribution in [2.75, 3.05) is 50.0 Å². The molecule has 0 unspecified atom stereocenters. The highest BCUT2D eigenvalue weighted by Crippen LogP contribution is 2.29. The Kier molecular flexibility index (Phi) is 8.18. The molecule has 2 aromatic rings. The molecule has 10 heteroatoms. The molecule has 1 saturated heterocycles. The van der Waals surface area contributed by atoms with Crippen molar-refractivity contribution in [1.82, 2.24) is 10.2 Å². The maximum atomic E-state index is 12.4. The molecule has 2 aromatic carbocycles. The van der Waals surface area contributed by atoms with E-state index in [0.717, 1.165) is 25.9 Å². The largest absolute Gasteiger partial charge is 0.379 e. The van der Waals surface area contributed by atoms with Crippen LogP contribution in [0, 0.1) is 0 Å². The summed E-state index contributed by atoms with van der Waals surface area (Å²) in [5.74, 6) is -0.205. The molecule has 1 fully saturated rings. The third-order valence-electron chi connectivity index (χ3n) is 4.98. The molecule has 1 heterocycles. The van der Waals surface area contributed by atoms with Gasteiger partial charge in [0.2, 0.25) is 10.0 Å². The second-order valence-corrected chi connectivity index (χ2v) is 9.93. The number of carbonyl (C=O) groups excluding carboxylic acids is 1. The van der Waals surface area contributed by atoms with Crippen LogP contribution in [0.5, 0.6) is 0 Å². The van der Waals surface area contributed by atoms with E-state index in [-0.39, 0.29) is 12.5 Å². The number of sulfonamides is 1. The number of anilines is 1. The van der Waals surface area contributed by atoms with Crippen molar-refractivity contribution in [2.24, 2.45) is 0 Å². The average Bonchev–Trinajstić information content (AvgIpc) is 2.75. The fourth-order valence-electron chi connectivity index (χ4n) is 3.26. The average molecular weight is 486 g/mol. The predicted molar refractivity (Wildman–Crippen MR) is 124 cm³/mol. The summed E-state index contributed by atoms with van der Waals surface area (Å²) in [5.41, 5.74) is 1.48. The number of carbonyl (C=O) groups is 1. The summed E-state index contributed by atoms with van der Waals surface area (Å²) in [6.07, 6.45) is 1.12. The zero-order chi connectivity index (χ0) is 22.4. The maximum absolute atomic E-state index is 12.4. The maximum Gasteiger partial charge on any atom is 0.251 e. The van der Waals surface area contributed by atoms with E-state index >= 15 is 0 Å². The van der Waals surface area contributed by atoms with Gasteiger partial charge in [0.25, 0.3) is 5.91 Å². The molecule has 31 heavy (non-hydrogen) atoms. The quantitative estimate of drug-likeness (QED) is 0.621. The Labute approximate surface area is 192 Å². The molecule has 1 N–H and O–H groups in total. The Morgan fingerprint density at radius 1 is 1.13 bits per heavy atom. The summed E-state index contributed by atoms with van der Waals surface area (Å²) >= 11 is 12.3. The van der Waals surface area contributed by atoms with Gasteiger partial charge < -0.3 is 10.1 Å². The molecule has 0 bridgehead atoms. The molecular formula is C21H25Cl2N3O4S. The minimum Gasteiger partial charge on any atom is -0.379 e. The lowest BCUT2D eigenvalue weighted by Crippen LogP contribution is -2.41. The number of morpholine rings is 1. The summed E-state index contributed by atoms with van der Waals surface area (Å²) in [4.78, 5) is 14.7. The summed E-state index contributed by atoms with van der Waals surface area (Å²) in [6, 6.07) is 11.5. The van der Waals surface area contributed by atoms with Crippen LogP contribution < -0.4 is 9.62 Å². The first kappa shape index (κ1) is 23.8. The Morgan fingerprint density at radius 2 is 1.81 bits per heavy atom. The number of benzene rings is 2. The van der Waals surface area contributed by atoms with Gasteiger partial charge in [-0.25, -0.2) is 8.42 Å². The van der Waals surface area contributed by atoms with Crippen LogP contribution >= 0.6 is 23.2 Å². The lowest BCUT2D eigenvalue weighted by Gasteiger charge is -2.26. The van der Waals surface area contributed by atoms with E-state index in [1.54, 1.807) is 42.5 Å². The topological polar surface area (TPSA) is 79.0 Å². The third-order valence-corrected chi connectivity index (χ3v) is 6.98. The fourth-order valence-corrected chi connectivity index (χ4v) is 4.52. The molecule has 1 aliphatic heterocycles. The minimum atomic E-state index is -3.59. The van der Waals surface area contributed by atoms with Crippen LogP contribution in [0.15, 0.2) is 42.5 Å². The van der Waals surface area contributed by atoms with Crippen LogP contribution in [0.25, 0.3) is 0 Å². The lowest BCUT2D eigenvalue weighted by molar-refractivity contribution is 0.0383. The first-order valence-electron chi connectivity index (χ1n) is 9.84. The monoisotopic (exact) mass is 485 g/mol. The third kappa shape index (κ3) is 6.57. The summed E-state index contributed by atoms with van der Waals surface area (Å²) in [6.45, 7) is 4.48. The predicted octanol–water partition coefficient (Wildman–Crippen LogP) is 3.02. The van der Waals surface area contributed by atoms with Crippen molar-refractivity contribution in [3.05, 3.63) is 63.6 Å². The summed E-state index contributed by atoms with van der Waals surface area (Å²) in [7, 11) is -3.59. The standard InChI is InChI=1S/C21H25Cl2N3O4S/c1-31(28,29)26(15-17-3-2-4-19(22)20(17)23)18-7-5-16(6-8-18)21(27)24-9-10-25-11-13-30-14-12-25/h2-8H,9-15H2,1H3,(H,24,27). The summed E-state index contributed by atoms with van der Waals surface area (Å²) < 4.78 is 31.3. The van der Waals surface area contributed by atoms with E-state index in [2.05, 4.69) is 10.2 Å². The molecule has 168 valence electrons. The molecule has 0 spiro atoms. The van der Waals surface area contributed by atoms with Gasteiger partial charge in [0, 0.05) is 31.7 Å². The molecular weight excluding hydrogens is 461 g/mol. The molecule has 3 rings (SSSR count). The van der Waals surface area contributed by atoms with Gasteiger partial charge in [-0.05, 0) is 35.9 Å². The lowest BCUT2D eigenvalue weighted by atomic mass is 10.1. The van der Waals surface area contributed by atoms with Crippen LogP contribution in [0.1, 0.15) is 15.9 Å². The van der Waals surface area contributed by atoms with Crippen molar-refractivity contribution >= 4 is 44.8 Å². The van der Waals surface area contributed by atoms with Gasteiger partial charge in [-0.1, -0.05) is 35.3 Å². The van der Waals surface area contributed by atoms with Crippen LogP contribution in [0.2, 0.25) is 10.0 Å². The van der Waals surface area contributed by atoms with Gasteiger partial charge in [-0.15, -0.1) is 0 Å². The number of halogens is 2. The van der Waals surface area contributed by atoms with Crippen molar-refractivity contribution in [2.45, 2.75) is 6.54 Å². The van der Waals surface area contributed by atoms with Crippen LogP contribution in [-0.4, -0.2) is 64.9 Å². The van der Waals surface area contributed by atoms with Gasteiger partial charge in [0.05, 0.1) is 41.7 Å². The van der Waals surface area contributed by atoms with Gasteiger partial charge in [-0.2, -0.15) is 0 Å². The fraction of sp³-hybridized carbons (Fsp3) is 0.381. The van der Waals surface area contributed by atoms with Gasteiger partial charge in [0.15, 0.2) is 0 Å². The molecule has 0 atom stereocenters. The molecule has 0 saturated carbocycles. The zero-order valence-corrected chi connectivity index (χ0v) is 19.5. The van der Waals surface area contributed by atoms with Gasteiger partial charge in [-0.3, -0.25) is 14.0 Å². The van der Waals surface area contributed by atoms with Crippen LogP contribution in [0.4, 0.5) is 5.69 Å². The van der Waals surface area contributed by atoms with Crippen molar-refractivity contribution in [3.63, 3.8) is 0 Å². The molecule has 0 radical (unpaired) electrons. The number of ether oxygens (including phenoxy) is 1. The molecule has 1 amide bonds. The number of rotatable bonds is 8. The number of amides is 1. The van der Waals surface area contributed by atoms with Crippen LogP contribution in [-0.2, 0) is 21.3 Å². The minimum absolute atomic E-state index is 0.0311. The van der Waals surface area contributed by atoms with E-state index in [1.807, 2.05) is 0 Å². The first-order valence-corrected chi connectivity index (χ1v) is 12.4. The first-order chi connectivity index (χ1) is 14.8. The molecule has 1 aliphatic rings. The van der Waals surface area contributed by atoms with E-state index in [1.165, 1.54) is 4.31 Å². The number of nitrogens with one attached hydrogen (secondary N) is 1. The Bertz CT molecular complexity index is 1010. The van der Waals surface area contributed by atoms with E-state index in [9.17, 15) is 13.2 Å². The Balaban J connectivity index is 1.66. The molecule has 0 aromatic heterocycles. The number of hydrogen-bond acceptors (Lipinski definition) is 5. The number of nitrogens with zero attached hydrogens (tertiary/aromatic N) is 2. The van der Waals surface area contributed by atoms with Gasteiger partial charge >= 0.3 is 0 Å². The van der Waals surface area contributed by atoms with Crippen molar-refractivity contribution < 1.29 is 17.9 Å². The number of hydrogen-bond donors (Lipinski definition) is 1. The SMILES string of the molecule is CS(=O)(=O)N(Cc1cccc(Cl)c1Cl)c1ccc(C(=O)NCCN2CCOCC2)cc1. The highest BCUT2D eigenvalue weighted by molar-refractivity contribution is 7.92. The van der Waals surface area contributed by atoms with Crippen molar-refractivity contribution in [1.29, 1.82) is 0 Å². The van der Waals surface area contributed by atoms with Gasteiger partial charge in [0.1, 0.15) is 0 Å². The van der Waals surface area contributed by atoms with Crippen molar-refractivity contribution in [3.8, 4) is 0 Å². The Morgan fingerprint density at radius 3 is 2.45 bits per heavy atom. The van der Waals surface area contributed by atoms with E-state index in [4.69, 9.17) is 27.9 Å². The second kappa shape index (κ2) is 10.7. The molecule has 0 aliphatic carbocycles. The van der Waals surface area contributed by atoms with E-state index in [0.29, 0.717) is 46.6 Å². The molecule has 7 nitrogen and oxygen atoms in total. The Hall–Kier alpha value is -1.84. The highest BCUT2D eigenvalue weighted by Gasteiger charge is 2.20. The zero-order valence-electron chi connectivity index (χ0n) is 17.2. The second-order valence-electron chi connectivity index (χ2n) is 7.24. The smallest absolute Gasteiger partial charge is 0.251 e. The highest BCUT2D eigenvalue weighted by atomic mass is 35.5. The summed E-state index contributed by atoms with van der Waals surface area (Å²) in [5, 5.41) is 3.57. The van der Waals surface area contributed by atoms with Crippen LogP contribution in [0.3, 0.4) is 0 Å².